The summed E-state index contributed by atoms with van der Waals surface area (Å²) in [5.74, 6) is 0. The molecule has 5 nitrogen and oxygen atoms in total. The van der Waals surface area contributed by atoms with Crippen LogP contribution < -0.4 is 4.90 Å². The zero-order chi connectivity index (χ0) is 14.9. The van der Waals surface area contributed by atoms with E-state index in [-0.39, 0.29) is 12.1 Å². The summed E-state index contributed by atoms with van der Waals surface area (Å²) in [6.07, 6.45) is 1.56. The molecule has 0 atom stereocenters. The Morgan fingerprint density at radius 1 is 1.45 bits per heavy atom. The second kappa shape index (κ2) is 5.31. The Morgan fingerprint density at radius 3 is 2.65 bits per heavy atom. The Bertz CT molecular complexity index is 490. The van der Waals surface area contributed by atoms with Crippen LogP contribution in [0.5, 0.6) is 0 Å². The van der Waals surface area contributed by atoms with E-state index >= 15 is 0 Å². The van der Waals surface area contributed by atoms with E-state index < -0.39 is 5.60 Å². The number of anilines is 1. The Hall–Kier alpha value is -1.78. The van der Waals surface area contributed by atoms with Crippen molar-refractivity contribution in [2.75, 3.05) is 25.0 Å². The van der Waals surface area contributed by atoms with Crippen molar-refractivity contribution in [2.45, 2.75) is 39.3 Å². The minimum Gasteiger partial charge on any atom is -0.444 e. The van der Waals surface area contributed by atoms with Crippen LogP contribution in [0, 0.1) is 6.92 Å². The van der Waals surface area contributed by atoms with Gasteiger partial charge in [0.15, 0.2) is 0 Å². The van der Waals surface area contributed by atoms with Crippen LogP contribution >= 0.6 is 0 Å². The molecule has 1 aliphatic heterocycles. The topological polar surface area (TPSA) is 45.7 Å². The zero-order valence-electron chi connectivity index (χ0n) is 12.9. The molecule has 0 aliphatic carbocycles. The summed E-state index contributed by atoms with van der Waals surface area (Å²) >= 11 is 0. The van der Waals surface area contributed by atoms with Gasteiger partial charge < -0.3 is 14.5 Å². The first-order chi connectivity index (χ1) is 9.26. The Labute approximate surface area is 120 Å². The molecule has 1 aromatic rings. The molecule has 1 aromatic heterocycles. The Balaban J connectivity index is 1.88. The second-order valence-corrected chi connectivity index (χ2v) is 6.31. The number of amides is 1. The minimum atomic E-state index is -0.447. The molecule has 1 saturated heterocycles. The summed E-state index contributed by atoms with van der Waals surface area (Å²) in [6.45, 7) is 9.29. The molecular weight excluding hydrogens is 254 g/mol. The fraction of sp³-hybridized carbons (Fsp3) is 0.600. The second-order valence-electron chi connectivity index (χ2n) is 6.31. The highest BCUT2D eigenvalue weighted by molar-refractivity contribution is 5.69. The van der Waals surface area contributed by atoms with Crippen molar-refractivity contribution in [1.82, 2.24) is 9.88 Å². The van der Waals surface area contributed by atoms with Crippen molar-refractivity contribution in [2.24, 2.45) is 0 Å². The number of likely N-dealkylation sites (N-methyl/N-ethyl adjacent to an activating group) is 1. The molecule has 5 heteroatoms. The van der Waals surface area contributed by atoms with Gasteiger partial charge in [0.25, 0.3) is 0 Å². The predicted molar refractivity (Wildman–Crippen MR) is 79.0 cm³/mol. The summed E-state index contributed by atoms with van der Waals surface area (Å²) in [7, 11) is 1.80. The van der Waals surface area contributed by atoms with Crippen LogP contribution in [0.3, 0.4) is 0 Å². The van der Waals surface area contributed by atoms with E-state index in [0.717, 1.165) is 24.5 Å². The highest BCUT2D eigenvalue weighted by atomic mass is 16.6. The Morgan fingerprint density at radius 2 is 2.10 bits per heavy atom. The molecule has 20 heavy (non-hydrogen) atoms. The molecule has 1 aliphatic rings. The average Bonchev–Trinajstić information content (AvgIpc) is 2.24. The normalized spacial score (nSPS) is 15.8. The van der Waals surface area contributed by atoms with Gasteiger partial charge in [0.1, 0.15) is 5.60 Å². The van der Waals surface area contributed by atoms with Gasteiger partial charge in [-0.1, -0.05) is 0 Å². The molecule has 0 saturated carbocycles. The van der Waals surface area contributed by atoms with Gasteiger partial charge in [-0.05, 0) is 39.8 Å². The third-order valence-corrected chi connectivity index (χ3v) is 3.34. The lowest BCUT2D eigenvalue weighted by Crippen LogP contribution is -2.60. The fourth-order valence-corrected chi connectivity index (χ4v) is 2.12. The SMILES string of the molecule is Cc1cc(N2CC(N(C)C(=O)OC(C)(C)C)C2)ccn1. The van der Waals surface area contributed by atoms with E-state index in [9.17, 15) is 4.79 Å². The third-order valence-electron chi connectivity index (χ3n) is 3.34. The molecule has 2 rings (SSSR count). The zero-order valence-corrected chi connectivity index (χ0v) is 12.9. The summed E-state index contributed by atoms with van der Waals surface area (Å²) in [5, 5.41) is 0. The summed E-state index contributed by atoms with van der Waals surface area (Å²) < 4.78 is 5.37. The number of rotatable bonds is 2. The van der Waals surface area contributed by atoms with Crippen LogP contribution in [0.15, 0.2) is 18.3 Å². The molecule has 2 heterocycles. The number of carbonyl (C=O) groups is 1. The molecule has 0 N–H and O–H groups in total. The summed E-state index contributed by atoms with van der Waals surface area (Å²) in [5.41, 5.74) is 1.72. The van der Waals surface area contributed by atoms with E-state index in [1.165, 1.54) is 0 Å². The minimum absolute atomic E-state index is 0.207. The number of hydrogen-bond acceptors (Lipinski definition) is 4. The predicted octanol–water partition coefficient (Wildman–Crippen LogP) is 2.45. The van der Waals surface area contributed by atoms with E-state index in [1.54, 1.807) is 11.9 Å². The van der Waals surface area contributed by atoms with Crippen molar-refractivity contribution in [3.05, 3.63) is 24.0 Å². The first kappa shape index (κ1) is 14.6. The molecule has 0 unspecified atom stereocenters. The highest BCUT2D eigenvalue weighted by Crippen LogP contribution is 2.24. The largest absolute Gasteiger partial charge is 0.444 e. The first-order valence-electron chi connectivity index (χ1n) is 6.90. The number of aryl methyl sites for hydroxylation is 1. The molecule has 110 valence electrons. The first-order valence-corrected chi connectivity index (χ1v) is 6.90. The van der Waals surface area contributed by atoms with Crippen LogP contribution in [0.4, 0.5) is 10.5 Å². The smallest absolute Gasteiger partial charge is 0.410 e. The van der Waals surface area contributed by atoms with Crippen molar-refractivity contribution >= 4 is 11.8 Å². The molecule has 0 spiro atoms. The maximum atomic E-state index is 12.0. The maximum Gasteiger partial charge on any atom is 0.410 e. The van der Waals surface area contributed by atoms with Crippen molar-refractivity contribution in [3.63, 3.8) is 0 Å². The van der Waals surface area contributed by atoms with Crippen LogP contribution in [0.2, 0.25) is 0 Å². The van der Waals surface area contributed by atoms with Gasteiger partial charge in [0.05, 0.1) is 6.04 Å². The maximum absolute atomic E-state index is 12.0. The number of ether oxygens (including phenoxy) is 1. The lowest BCUT2D eigenvalue weighted by molar-refractivity contribution is 0.0197. The van der Waals surface area contributed by atoms with Crippen molar-refractivity contribution in [3.8, 4) is 0 Å². The summed E-state index contributed by atoms with van der Waals surface area (Å²) in [4.78, 5) is 20.1. The number of nitrogens with zero attached hydrogens (tertiary/aromatic N) is 3. The van der Waals surface area contributed by atoms with E-state index in [0.29, 0.717) is 0 Å². The van der Waals surface area contributed by atoms with Gasteiger partial charge in [0, 0.05) is 37.7 Å². The number of aromatic nitrogens is 1. The van der Waals surface area contributed by atoms with Gasteiger partial charge in [0.2, 0.25) is 0 Å². The molecular formula is C15H23N3O2. The lowest BCUT2D eigenvalue weighted by Gasteiger charge is -2.45. The van der Waals surface area contributed by atoms with Gasteiger partial charge in [-0.2, -0.15) is 0 Å². The number of carbonyl (C=O) groups excluding carboxylic acids is 1. The molecule has 1 amide bonds. The molecule has 0 bridgehead atoms. The van der Waals surface area contributed by atoms with Crippen molar-refractivity contribution in [1.29, 1.82) is 0 Å². The number of pyridine rings is 1. The van der Waals surface area contributed by atoms with Crippen LogP contribution in [0.25, 0.3) is 0 Å². The molecule has 1 fully saturated rings. The van der Waals surface area contributed by atoms with E-state index in [2.05, 4.69) is 16.0 Å². The average molecular weight is 277 g/mol. The van der Waals surface area contributed by atoms with Crippen molar-refractivity contribution < 1.29 is 9.53 Å². The quantitative estimate of drug-likeness (QED) is 0.833. The van der Waals surface area contributed by atoms with Gasteiger partial charge >= 0.3 is 6.09 Å². The van der Waals surface area contributed by atoms with Crippen LogP contribution in [-0.4, -0.2) is 47.8 Å². The van der Waals surface area contributed by atoms with E-state index in [1.807, 2.05) is 40.0 Å². The van der Waals surface area contributed by atoms with Gasteiger partial charge in [-0.25, -0.2) is 4.79 Å². The molecule has 0 aromatic carbocycles. The van der Waals surface area contributed by atoms with Crippen LogP contribution in [0.1, 0.15) is 26.5 Å². The monoisotopic (exact) mass is 277 g/mol. The fourth-order valence-electron chi connectivity index (χ4n) is 2.12. The number of hydrogen-bond donors (Lipinski definition) is 0. The summed E-state index contributed by atoms with van der Waals surface area (Å²) in [6, 6.07) is 4.26. The third kappa shape index (κ3) is 3.40. The van der Waals surface area contributed by atoms with Crippen LogP contribution in [-0.2, 0) is 4.74 Å². The lowest BCUT2D eigenvalue weighted by atomic mass is 10.1. The van der Waals surface area contributed by atoms with E-state index in [4.69, 9.17) is 4.74 Å². The van der Waals surface area contributed by atoms with Gasteiger partial charge in [-0.15, -0.1) is 0 Å². The standard InChI is InChI=1S/C15H23N3O2/c1-11-8-12(6-7-16-11)18-9-13(10-18)17(5)14(19)20-15(2,3)4/h6-8,13H,9-10H2,1-5H3. The van der Waals surface area contributed by atoms with Gasteiger partial charge in [-0.3, -0.25) is 4.98 Å². The molecule has 0 radical (unpaired) electrons. The highest BCUT2D eigenvalue weighted by Gasteiger charge is 2.34. The Kier molecular flexibility index (Phi) is 3.88.